The molecule has 0 radical (unpaired) electrons. The first kappa shape index (κ1) is 12.0. The number of hydrogen-bond donors (Lipinski definition) is 1. The summed E-state index contributed by atoms with van der Waals surface area (Å²) in [6.45, 7) is 0.613. The van der Waals surface area contributed by atoms with Crippen molar-refractivity contribution in [1.82, 2.24) is 0 Å². The molecule has 0 saturated carbocycles. The largest absolute Gasteiger partial charge is 0.472 e. The maximum atomic E-state index is 13.5. The van der Waals surface area contributed by atoms with E-state index in [1.165, 1.54) is 6.07 Å². The van der Waals surface area contributed by atoms with Crippen molar-refractivity contribution in [3.63, 3.8) is 0 Å². The fourth-order valence-electron chi connectivity index (χ4n) is 1.62. The molecule has 1 aromatic heterocycles. The van der Waals surface area contributed by atoms with Crippen LogP contribution >= 0.6 is 15.9 Å². The van der Waals surface area contributed by atoms with Crippen molar-refractivity contribution in [1.29, 1.82) is 0 Å². The van der Waals surface area contributed by atoms with Gasteiger partial charge in [-0.2, -0.15) is 0 Å². The van der Waals surface area contributed by atoms with E-state index in [1.807, 2.05) is 18.0 Å². The van der Waals surface area contributed by atoms with Crippen LogP contribution in [0, 0.1) is 5.82 Å². The summed E-state index contributed by atoms with van der Waals surface area (Å²) in [6.07, 6.45) is 3.26. The van der Waals surface area contributed by atoms with Crippen molar-refractivity contribution in [2.45, 2.75) is 6.54 Å². The van der Waals surface area contributed by atoms with E-state index in [1.54, 1.807) is 18.6 Å². The maximum Gasteiger partial charge on any atom is 0.139 e. The highest BCUT2D eigenvalue weighted by Crippen LogP contribution is 2.29. The Kier molecular flexibility index (Phi) is 3.38. The van der Waals surface area contributed by atoms with Gasteiger partial charge < -0.3 is 15.1 Å². The third kappa shape index (κ3) is 2.61. The van der Waals surface area contributed by atoms with Gasteiger partial charge in [0.2, 0.25) is 0 Å². The molecule has 2 N–H and O–H groups in total. The summed E-state index contributed by atoms with van der Waals surface area (Å²) in [5.41, 5.74) is 8.06. The number of nitrogens with zero attached hydrogens (tertiary/aromatic N) is 1. The molecule has 0 bridgehead atoms. The van der Waals surface area contributed by atoms with Crippen LogP contribution < -0.4 is 10.6 Å². The van der Waals surface area contributed by atoms with Crippen molar-refractivity contribution >= 4 is 27.3 Å². The fourth-order valence-corrected chi connectivity index (χ4v) is 1.99. The zero-order valence-corrected chi connectivity index (χ0v) is 10.9. The number of halogens is 2. The molecule has 17 heavy (non-hydrogen) atoms. The minimum atomic E-state index is -0.326. The molecule has 0 saturated heterocycles. The molecule has 5 heteroatoms. The van der Waals surface area contributed by atoms with Crippen LogP contribution in [0.5, 0.6) is 0 Å². The summed E-state index contributed by atoms with van der Waals surface area (Å²) in [4.78, 5) is 1.87. The zero-order chi connectivity index (χ0) is 12.4. The van der Waals surface area contributed by atoms with Gasteiger partial charge in [0.05, 0.1) is 28.4 Å². The van der Waals surface area contributed by atoms with Crippen LogP contribution in [0.2, 0.25) is 0 Å². The zero-order valence-electron chi connectivity index (χ0n) is 9.28. The second-order valence-electron chi connectivity index (χ2n) is 3.81. The molecule has 0 amide bonds. The Balaban J connectivity index is 2.24. The molecular formula is C12H12BrFN2O. The van der Waals surface area contributed by atoms with Gasteiger partial charge in [-0.15, -0.1) is 0 Å². The maximum absolute atomic E-state index is 13.5. The Hall–Kier alpha value is -1.49. The van der Waals surface area contributed by atoms with E-state index in [0.717, 1.165) is 5.56 Å². The van der Waals surface area contributed by atoms with Gasteiger partial charge in [-0.05, 0) is 28.1 Å². The van der Waals surface area contributed by atoms with E-state index < -0.39 is 0 Å². The monoisotopic (exact) mass is 298 g/mol. The van der Waals surface area contributed by atoms with Crippen LogP contribution in [-0.4, -0.2) is 7.05 Å². The number of rotatable bonds is 3. The van der Waals surface area contributed by atoms with E-state index in [-0.39, 0.29) is 5.82 Å². The molecule has 0 aliphatic carbocycles. The number of benzene rings is 1. The molecule has 0 unspecified atom stereocenters. The number of anilines is 2. The second kappa shape index (κ2) is 4.79. The van der Waals surface area contributed by atoms with Crippen molar-refractivity contribution < 1.29 is 8.81 Å². The molecular weight excluding hydrogens is 287 g/mol. The number of nitrogen functional groups attached to an aromatic ring is 1. The Morgan fingerprint density at radius 1 is 1.47 bits per heavy atom. The third-order valence-electron chi connectivity index (χ3n) is 2.48. The Morgan fingerprint density at radius 2 is 2.24 bits per heavy atom. The summed E-state index contributed by atoms with van der Waals surface area (Å²) < 4.78 is 18.8. The predicted molar refractivity (Wildman–Crippen MR) is 69.3 cm³/mol. The lowest BCUT2D eigenvalue weighted by atomic mass is 10.2. The average molecular weight is 299 g/mol. The first-order valence-electron chi connectivity index (χ1n) is 5.04. The van der Waals surface area contributed by atoms with Gasteiger partial charge in [0.15, 0.2) is 0 Å². The smallest absolute Gasteiger partial charge is 0.139 e. The van der Waals surface area contributed by atoms with Crippen LogP contribution in [-0.2, 0) is 6.54 Å². The number of hydrogen-bond acceptors (Lipinski definition) is 3. The third-order valence-corrected chi connectivity index (χ3v) is 3.09. The lowest BCUT2D eigenvalue weighted by Crippen LogP contribution is -2.17. The molecule has 2 rings (SSSR count). The SMILES string of the molecule is CN(Cc1ccoc1)c1cc(F)c(Br)cc1N. The lowest BCUT2D eigenvalue weighted by Gasteiger charge is -2.20. The van der Waals surface area contributed by atoms with Crippen molar-refractivity contribution in [2.24, 2.45) is 0 Å². The van der Waals surface area contributed by atoms with Crippen LogP contribution in [0.4, 0.5) is 15.8 Å². The fraction of sp³-hybridized carbons (Fsp3) is 0.167. The first-order valence-corrected chi connectivity index (χ1v) is 5.84. The van der Waals surface area contributed by atoms with Gasteiger partial charge in [-0.3, -0.25) is 0 Å². The topological polar surface area (TPSA) is 42.4 Å². The highest BCUT2D eigenvalue weighted by molar-refractivity contribution is 9.10. The van der Waals surface area contributed by atoms with Gasteiger partial charge >= 0.3 is 0 Å². The van der Waals surface area contributed by atoms with Gasteiger partial charge in [0, 0.05) is 25.2 Å². The van der Waals surface area contributed by atoms with Gasteiger partial charge in [0.1, 0.15) is 5.82 Å². The second-order valence-corrected chi connectivity index (χ2v) is 4.67. The number of nitrogens with two attached hydrogens (primary N) is 1. The normalized spacial score (nSPS) is 10.5. The first-order chi connectivity index (χ1) is 8.08. The predicted octanol–water partition coefficient (Wildman–Crippen LogP) is 3.40. The Bertz CT molecular complexity index is 513. The Labute approximate surface area is 107 Å². The van der Waals surface area contributed by atoms with Crippen molar-refractivity contribution in [2.75, 3.05) is 17.7 Å². The molecule has 1 aromatic carbocycles. The highest BCUT2D eigenvalue weighted by atomic mass is 79.9. The molecule has 0 aliphatic rings. The standard InChI is InChI=1S/C12H12BrFN2O/c1-16(6-8-2-3-17-7-8)12-5-10(14)9(13)4-11(12)15/h2-5,7H,6,15H2,1H3. The van der Waals surface area contributed by atoms with Gasteiger partial charge in [-0.25, -0.2) is 4.39 Å². The number of furan rings is 1. The lowest BCUT2D eigenvalue weighted by molar-refractivity contribution is 0.563. The highest BCUT2D eigenvalue weighted by Gasteiger charge is 2.10. The molecule has 0 spiro atoms. The minimum absolute atomic E-state index is 0.326. The van der Waals surface area contributed by atoms with Crippen LogP contribution in [0.15, 0.2) is 39.6 Å². The summed E-state index contributed by atoms with van der Waals surface area (Å²) >= 11 is 3.10. The Morgan fingerprint density at radius 3 is 2.88 bits per heavy atom. The molecule has 2 aromatic rings. The van der Waals surface area contributed by atoms with E-state index >= 15 is 0 Å². The van der Waals surface area contributed by atoms with Crippen LogP contribution in [0.25, 0.3) is 0 Å². The molecule has 0 fully saturated rings. The van der Waals surface area contributed by atoms with Crippen LogP contribution in [0.1, 0.15) is 5.56 Å². The van der Waals surface area contributed by atoms with Crippen molar-refractivity contribution in [3.05, 3.63) is 46.6 Å². The molecule has 90 valence electrons. The molecule has 3 nitrogen and oxygen atoms in total. The summed E-state index contributed by atoms with van der Waals surface area (Å²) in [7, 11) is 1.85. The summed E-state index contributed by atoms with van der Waals surface area (Å²) in [5, 5.41) is 0. The minimum Gasteiger partial charge on any atom is -0.472 e. The van der Waals surface area contributed by atoms with E-state index in [2.05, 4.69) is 15.9 Å². The molecule has 0 aliphatic heterocycles. The van der Waals surface area contributed by atoms with Crippen molar-refractivity contribution in [3.8, 4) is 0 Å². The van der Waals surface area contributed by atoms with E-state index in [9.17, 15) is 4.39 Å². The van der Waals surface area contributed by atoms with E-state index in [4.69, 9.17) is 10.2 Å². The molecule has 0 atom stereocenters. The average Bonchev–Trinajstić information content (AvgIpc) is 2.76. The molecule has 1 heterocycles. The van der Waals surface area contributed by atoms with E-state index in [0.29, 0.717) is 22.4 Å². The van der Waals surface area contributed by atoms with Gasteiger partial charge in [-0.1, -0.05) is 0 Å². The summed E-state index contributed by atoms with van der Waals surface area (Å²) in [5.74, 6) is -0.326. The van der Waals surface area contributed by atoms with Crippen LogP contribution in [0.3, 0.4) is 0 Å². The van der Waals surface area contributed by atoms with Gasteiger partial charge in [0.25, 0.3) is 0 Å². The summed E-state index contributed by atoms with van der Waals surface area (Å²) in [6, 6.07) is 4.85. The quantitative estimate of drug-likeness (QED) is 0.883.